The minimum Gasteiger partial charge on any atom is -0.397 e. The van der Waals surface area contributed by atoms with Gasteiger partial charge in [0.1, 0.15) is 0 Å². The SMILES string of the molecule is CCN1CCN(C(=O)NCc2ccc(C(=O)Nc3cc(-c4ccccc4)ccc3N)cc2)C(=O)C1=O. The average Bonchev–Trinajstić information content (AvgIpc) is 2.90. The van der Waals surface area contributed by atoms with Gasteiger partial charge in [0.15, 0.2) is 0 Å². The molecule has 0 unspecified atom stereocenters. The molecule has 1 fully saturated rings. The van der Waals surface area contributed by atoms with Gasteiger partial charge in [-0.25, -0.2) is 4.79 Å². The van der Waals surface area contributed by atoms with E-state index in [2.05, 4.69) is 10.6 Å². The summed E-state index contributed by atoms with van der Waals surface area (Å²) in [5.41, 5.74) is 10.1. The topological polar surface area (TPSA) is 125 Å². The molecule has 0 bridgehead atoms. The molecule has 3 aromatic carbocycles. The molecule has 0 atom stereocenters. The van der Waals surface area contributed by atoms with Crippen LogP contribution in [0.3, 0.4) is 0 Å². The van der Waals surface area contributed by atoms with Crippen LogP contribution in [0.25, 0.3) is 11.1 Å². The molecule has 9 heteroatoms. The number of benzene rings is 3. The Bertz CT molecular complexity index is 1290. The second kappa shape index (κ2) is 10.7. The summed E-state index contributed by atoms with van der Waals surface area (Å²) in [6, 6.07) is 21.3. The fourth-order valence-electron chi connectivity index (χ4n) is 3.89. The van der Waals surface area contributed by atoms with Crippen molar-refractivity contribution in [2.24, 2.45) is 0 Å². The van der Waals surface area contributed by atoms with Crippen molar-refractivity contribution < 1.29 is 19.2 Å². The van der Waals surface area contributed by atoms with Gasteiger partial charge in [-0.1, -0.05) is 48.5 Å². The summed E-state index contributed by atoms with van der Waals surface area (Å²) in [7, 11) is 0. The van der Waals surface area contributed by atoms with E-state index in [1.807, 2.05) is 42.5 Å². The van der Waals surface area contributed by atoms with Gasteiger partial charge in [0.05, 0.1) is 11.4 Å². The number of anilines is 2. The second-order valence-corrected chi connectivity index (χ2v) is 8.32. The van der Waals surface area contributed by atoms with Gasteiger partial charge in [-0.05, 0) is 47.9 Å². The van der Waals surface area contributed by atoms with Gasteiger partial charge in [0.25, 0.3) is 5.91 Å². The number of hydrogen-bond acceptors (Lipinski definition) is 5. The number of rotatable bonds is 6. The van der Waals surface area contributed by atoms with E-state index in [1.165, 1.54) is 4.90 Å². The van der Waals surface area contributed by atoms with Crippen molar-refractivity contribution in [3.05, 3.63) is 83.9 Å². The van der Waals surface area contributed by atoms with E-state index in [0.717, 1.165) is 21.6 Å². The van der Waals surface area contributed by atoms with Gasteiger partial charge >= 0.3 is 17.8 Å². The van der Waals surface area contributed by atoms with Crippen LogP contribution >= 0.6 is 0 Å². The van der Waals surface area contributed by atoms with E-state index in [1.54, 1.807) is 37.3 Å². The lowest BCUT2D eigenvalue weighted by molar-refractivity contribution is -0.153. The van der Waals surface area contributed by atoms with Gasteiger partial charge in [0, 0.05) is 31.7 Å². The molecule has 0 saturated carbocycles. The molecule has 1 aliphatic heterocycles. The quantitative estimate of drug-likeness (QED) is 0.366. The van der Waals surface area contributed by atoms with Crippen LogP contribution in [0, 0.1) is 0 Å². The van der Waals surface area contributed by atoms with Crippen molar-refractivity contribution in [1.82, 2.24) is 15.1 Å². The Morgan fingerprint density at radius 1 is 0.889 bits per heavy atom. The lowest BCUT2D eigenvalue weighted by atomic mass is 10.0. The first-order valence-electron chi connectivity index (χ1n) is 11.6. The molecule has 36 heavy (non-hydrogen) atoms. The fraction of sp³-hybridized carbons (Fsp3) is 0.185. The number of carbonyl (C=O) groups excluding carboxylic acids is 4. The maximum absolute atomic E-state index is 12.8. The number of piperazine rings is 1. The van der Waals surface area contributed by atoms with Crippen molar-refractivity contribution in [3.63, 3.8) is 0 Å². The largest absolute Gasteiger partial charge is 0.397 e. The third-order valence-electron chi connectivity index (χ3n) is 6.00. The summed E-state index contributed by atoms with van der Waals surface area (Å²) < 4.78 is 0. The van der Waals surface area contributed by atoms with E-state index in [-0.39, 0.29) is 19.0 Å². The Kier molecular flexibility index (Phi) is 7.29. The average molecular weight is 486 g/mol. The summed E-state index contributed by atoms with van der Waals surface area (Å²) in [5, 5.41) is 5.50. The normalized spacial score (nSPS) is 13.5. The van der Waals surface area contributed by atoms with E-state index in [9.17, 15) is 19.2 Å². The van der Waals surface area contributed by atoms with E-state index in [0.29, 0.717) is 30.0 Å². The van der Waals surface area contributed by atoms with Crippen LogP contribution in [0.1, 0.15) is 22.8 Å². The molecule has 0 spiro atoms. The number of nitrogens with zero attached hydrogens (tertiary/aromatic N) is 2. The molecule has 9 nitrogen and oxygen atoms in total. The van der Waals surface area contributed by atoms with Crippen molar-refractivity contribution in [2.75, 3.05) is 30.7 Å². The Balaban J connectivity index is 1.36. The third-order valence-corrected chi connectivity index (χ3v) is 6.00. The lowest BCUT2D eigenvalue weighted by Crippen LogP contribution is -2.58. The molecule has 0 radical (unpaired) electrons. The van der Waals surface area contributed by atoms with Gasteiger partial charge < -0.3 is 21.3 Å². The van der Waals surface area contributed by atoms with Crippen molar-refractivity contribution >= 4 is 35.1 Å². The van der Waals surface area contributed by atoms with Gasteiger partial charge in [-0.3, -0.25) is 19.3 Å². The molecule has 0 aliphatic carbocycles. The smallest absolute Gasteiger partial charge is 0.324 e. The van der Waals surface area contributed by atoms with Gasteiger partial charge in [0.2, 0.25) is 0 Å². The van der Waals surface area contributed by atoms with Gasteiger partial charge in [-0.2, -0.15) is 0 Å². The zero-order valence-corrected chi connectivity index (χ0v) is 19.9. The number of urea groups is 1. The van der Waals surface area contributed by atoms with Crippen molar-refractivity contribution in [2.45, 2.75) is 13.5 Å². The van der Waals surface area contributed by atoms with E-state index >= 15 is 0 Å². The predicted molar refractivity (Wildman–Crippen MR) is 137 cm³/mol. The van der Waals surface area contributed by atoms with Crippen LogP contribution in [0.4, 0.5) is 16.2 Å². The van der Waals surface area contributed by atoms with E-state index in [4.69, 9.17) is 5.73 Å². The van der Waals surface area contributed by atoms with Crippen molar-refractivity contribution in [1.29, 1.82) is 0 Å². The molecule has 184 valence electrons. The zero-order chi connectivity index (χ0) is 25.7. The summed E-state index contributed by atoms with van der Waals surface area (Å²) in [4.78, 5) is 51.7. The Morgan fingerprint density at radius 3 is 2.31 bits per heavy atom. The summed E-state index contributed by atoms with van der Waals surface area (Å²) in [6.07, 6.45) is 0. The maximum Gasteiger partial charge on any atom is 0.324 e. The Hall–Kier alpha value is -4.66. The molecule has 1 aliphatic rings. The molecule has 5 amide bonds. The Morgan fingerprint density at radius 2 is 1.61 bits per heavy atom. The zero-order valence-electron chi connectivity index (χ0n) is 19.9. The first kappa shape index (κ1) is 24.5. The number of amides is 5. The first-order chi connectivity index (χ1) is 17.4. The molecular weight excluding hydrogens is 458 g/mol. The number of nitrogen functional groups attached to an aromatic ring is 1. The minimum atomic E-state index is -0.830. The summed E-state index contributed by atoms with van der Waals surface area (Å²) >= 11 is 0. The van der Waals surface area contributed by atoms with Crippen LogP contribution in [0.5, 0.6) is 0 Å². The number of carbonyl (C=O) groups is 4. The van der Waals surface area contributed by atoms with Crippen LogP contribution in [-0.4, -0.2) is 53.2 Å². The monoisotopic (exact) mass is 485 g/mol. The standard InChI is InChI=1S/C27H27N5O4/c1-2-31-14-15-32(26(35)25(31)34)27(36)29-17-18-8-10-20(11-9-18)24(33)30-23-16-21(12-13-22(23)28)19-6-4-3-5-7-19/h3-13,16H,2,14-15,17,28H2,1H3,(H,29,36)(H,30,33). The Labute approximate surface area is 208 Å². The molecule has 0 aromatic heterocycles. The fourth-order valence-corrected chi connectivity index (χ4v) is 3.89. The first-order valence-corrected chi connectivity index (χ1v) is 11.6. The molecule has 1 heterocycles. The summed E-state index contributed by atoms with van der Waals surface area (Å²) in [5.74, 6) is -1.83. The molecule has 4 N–H and O–H groups in total. The van der Waals surface area contributed by atoms with Crippen molar-refractivity contribution in [3.8, 4) is 11.1 Å². The molecule has 3 aromatic rings. The highest BCUT2D eigenvalue weighted by Gasteiger charge is 2.35. The highest BCUT2D eigenvalue weighted by atomic mass is 16.2. The van der Waals surface area contributed by atoms with E-state index < -0.39 is 17.8 Å². The van der Waals surface area contributed by atoms with Crippen LogP contribution in [0.2, 0.25) is 0 Å². The highest BCUT2D eigenvalue weighted by molar-refractivity contribution is 6.38. The number of imide groups is 1. The van der Waals surface area contributed by atoms with Crippen LogP contribution in [-0.2, 0) is 16.1 Å². The lowest BCUT2D eigenvalue weighted by Gasteiger charge is -2.31. The molecule has 4 rings (SSSR count). The minimum absolute atomic E-state index is 0.141. The van der Waals surface area contributed by atoms with Crippen LogP contribution < -0.4 is 16.4 Å². The van der Waals surface area contributed by atoms with Gasteiger partial charge in [-0.15, -0.1) is 0 Å². The predicted octanol–water partition coefficient (Wildman–Crippen LogP) is 3.09. The number of nitrogens with two attached hydrogens (primary N) is 1. The maximum atomic E-state index is 12.8. The van der Waals surface area contributed by atoms with Crippen LogP contribution in [0.15, 0.2) is 72.8 Å². The molecule has 1 saturated heterocycles. The highest BCUT2D eigenvalue weighted by Crippen LogP contribution is 2.27. The number of hydrogen-bond donors (Lipinski definition) is 3. The number of likely N-dealkylation sites (N-methyl/N-ethyl adjacent to an activating group) is 1. The number of nitrogens with one attached hydrogen (secondary N) is 2. The molecular formula is C27H27N5O4. The third kappa shape index (κ3) is 5.35. The summed E-state index contributed by atoms with van der Waals surface area (Å²) in [6.45, 7) is 2.81. The second-order valence-electron chi connectivity index (χ2n) is 8.32.